The molecule has 1 heterocycles. The SMILES string of the molecule is CC(=O)NC(CC(=O)NCc1ccc(CN2CCC(O)CC2)cc1)c1ccc(C)cc1. The van der Waals surface area contributed by atoms with Crippen LogP contribution in [0.2, 0.25) is 0 Å². The number of carbonyl (C=O) groups is 2. The molecule has 6 nitrogen and oxygen atoms in total. The van der Waals surface area contributed by atoms with E-state index in [4.69, 9.17) is 0 Å². The lowest BCUT2D eigenvalue weighted by Crippen LogP contribution is -2.35. The number of piperidine rings is 1. The van der Waals surface area contributed by atoms with Gasteiger partial charge in [0.2, 0.25) is 11.8 Å². The average molecular weight is 424 g/mol. The molecule has 2 aromatic carbocycles. The van der Waals surface area contributed by atoms with Gasteiger partial charge in [0.1, 0.15) is 0 Å². The fourth-order valence-corrected chi connectivity index (χ4v) is 3.85. The Morgan fingerprint density at radius 1 is 1.03 bits per heavy atom. The molecule has 166 valence electrons. The highest BCUT2D eigenvalue weighted by atomic mass is 16.3. The first-order valence-corrected chi connectivity index (χ1v) is 11.0. The third kappa shape index (κ3) is 7.49. The highest BCUT2D eigenvalue weighted by Crippen LogP contribution is 2.18. The van der Waals surface area contributed by atoms with Crippen LogP contribution in [0.5, 0.6) is 0 Å². The lowest BCUT2D eigenvalue weighted by atomic mass is 10.0. The van der Waals surface area contributed by atoms with Crippen LogP contribution in [0.4, 0.5) is 0 Å². The van der Waals surface area contributed by atoms with Crippen LogP contribution in [-0.4, -0.2) is 41.0 Å². The molecule has 0 aliphatic carbocycles. The second-order valence-corrected chi connectivity index (χ2v) is 8.47. The Morgan fingerprint density at radius 2 is 1.65 bits per heavy atom. The molecule has 0 aromatic heterocycles. The number of rotatable bonds is 8. The quantitative estimate of drug-likeness (QED) is 0.610. The van der Waals surface area contributed by atoms with E-state index in [0.717, 1.165) is 49.2 Å². The van der Waals surface area contributed by atoms with E-state index in [2.05, 4.69) is 27.7 Å². The van der Waals surface area contributed by atoms with E-state index in [-0.39, 0.29) is 30.4 Å². The number of likely N-dealkylation sites (tertiary alicyclic amines) is 1. The van der Waals surface area contributed by atoms with Crippen molar-refractivity contribution in [3.63, 3.8) is 0 Å². The molecule has 1 aliphatic heterocycles. The molecular formula is C25H33N3O3. The molecule has 1 unspecified atom stereocenters. The van der Waals surface area contributed by atoms with E-state index in [1.54, 1.807) is 0 Å². The summed E-state index contributed by atoms with van der Waals surface area (Å²) in [6.45, 7) is 6.66. The molecule has 3 N–H and O–H groups in total. The average Bonchev–Trinajstić information content (AvgIpc) is 2.75. The van der Waals surface area contributed by atoms with Crippen molar-refractivity contribution in [3.8, 4) is 0 Å². The Labute approximate surface area is 184 Å². The summed E-state index contributed by atoms with van der Waals surface area (Å²) in [6, 6.07) is 15.8. The fraction of sp³-hybridized carbons (Fsp3) is 0.440. The predicted octanol–water partition coefficient (Wildman–Crippen LogP) is 2.84. The van der Waals surface area contributed by atoms with Gasteiger partial charge in [-0.15, -0.1) is 0 Å². The summed E-state index contributed by atoms with van der Waals surface area (Å²) < 4.78 is 0. The number of carbonyl (C=O) groups excluding carboxylic acids is 2. The van der Waals surface area contributed by atoms with Crippen LogP contribution >= 0.6 is 0 Å². The van der Waals surface area contributed by atoms with Gasteiger partial charge in [-0.3, -0.25) is 14.5 Å². The van der Waals surface area contributed by atoms with Gasteiger partial charge in [-0.2, -0.15) is 0 Å². The summed E-state index contributed by atoms with van der Waals surface area (Å²) in [4.78, 5) is 26.5. The molecule has 3 rings (SSSR count). The lowest BCUT2D eigenvalue weighted by molar-refractivity contribution is -0.122. The number of hydrogen-bond donors (Lipinski definition) is 3. The van der Waals surface area contributed by atoms with Crippen LogP contribution < -0.4 is 10.6 Å². The highest BCUT2D eigenvalue weighted by Gasteiger charge is 2.18. The van der Waals surface area contributed by atoms with Crippen molar-refractivity contribution < 1.29 is 14.7 Å². The molecule has 2 aromatic rings. The second kappa shape index (κ2) is 11.1. The minimum atomic E-state index is -0.344. The Morgan fingerprint density at radius 3 is 2.26 bits per heavy atom. The van der Waals surface area contributed by atoms with Crippen molar-refractivity contribution in [3.05, 3.63) is 70.8 Å². The van der Waals surface area contributed by atoms with Crippen LogP contribution in [-0.2, 0) is 22.7 Å². The molecule has 1 fully saturated rings. The summed E-state index contributed by atoms with van der Waals surface area (Å²) in [5, 5.41) is 15.5. The first-order valence-electron chi connectivity index (χ1n) is 11.0. The zero-order valence-electron chi connectivity index (χ0n) is 18.4. The van der Waals surface area contributed by atoms with Crippen molar-refractivity contribution in [2.75, 3.05) is 13.1 Å². The van der Waals surface area contributed by atoms with Crippen molar-refractivity contribution >= 4 is 11.8 Å². The first-order chi connectivity index (χ1) is 14.9. The monoisotopic (exact) mass is 423 g/mol. The molecule has 31 heavy (non-hydrogen) atoms. The second-order valence-electron chi connectivity index (χ2n) is 8.47. The molecule has 1 atom stereocenters. The van der Waals surface area contributed by atoms with Crippen LogP contribution in [0.25, 0.3) is 0 Å². The number of hydrogen-bond acceptors (Lipinski definition) is 4. The standard InChI is InChI=1S/C25H33N3O3/c1-18-3-9-22(10-4-18)24(27-19(2)29)15-25(31)26-16-20-5-7-21(8-6-20)17-28-13-11-23(30)12-14-28/h3-10,23-24,30H,11-17H2,1-2H3,(H,26,31)(H,27,29). The summed E-state index contributed by atoms with van der Waals surface area (Å²) in [5.41, 5.74) is 4.33. The number of aliphatic hydroxyl groups excluding tert-OH is 1. The largest absolute Gasteiger partial charge is 0.393 e. The van der Waals surface area contributed by atoms with Gasteiger partial charge >= 0.3 is 0 Å². The zero-order chi connectivity index (χ0) is 22.2. The normalized spacial score (nSPS) is 16.0. The Balaban J connectivity index is 1.49. The molecule has 1 aliphatic rings. The van der Waals surface area contributed by atoms with E-state index in [1.807, 2.05) is 43.3 Å². The van der Waals surface area contributed by atoms with E-state index in [9.17, 15) is 14.7 Å². The molecule has 2 amide bonds. The molecule has 0 saturated carbocycles. The van der Waals surface area contributed by atoms with Gasteiger partial charge in [-0.25, -0.2) is 0 Å². The first kappa shape index (κ1) is 23.0. The maximum absolute atomic E-state index is 12.5. The minimum Gasteiger partial charge on any atom is -0.393 e. The van der Waals surface area contributed by atoms with E-state index in [1.165, 1.54) is 12.5 Å². The molecule has 0 radical (unpaired) electrons. The summed E-state index contributed by atoms with van der Waals surface area (Å²) >= 11 is 0. The third-order valence-corrected chi connectivity index (χ3v) is 5.72. The summed E-state index contributed by atoms with van der Waals surface area (Å²) in [6.07, 6.45) is 1.72. The van der Waals surface area contributed by atoms with E-state index in [0.29, 0.717) is 6.54 Å². The van der Waals surface area contributed by atoms with Gasteiger partial charge in [-0.05, 0) is 36.5 Å². The van der Waals surface area contributed by atoms with Crippen molar-refractivity contribution in [1.82, 2.24) is 15.5 Å². The fourth-order valence-electron chi connectivity index (χ4n) is 3.85. The van der Waals surface area contributed by atoms with Crippen molar-refractivity contribution in [2.24, 2.45) is 0 Å². The van der Waals surface area contributed by atoms with Gasteiger partial charge in [0, 0.05) is 33.1 Å². The number of benzene rings is 2. The number of amides is 2. The summed E-state index contributed by atoms with van der Waals surface area (Å²) in [5.74, 6) is -0.257. The Bertz CT molecular complexity index is 857. The van der Waals surface area contributed by atoms with Crippen molar-refractivity contribution in [1.29, 1.82) is 0 Å². The third-order valence-electron chi connectivity index (χ3n) is 5.72. The molecular weight excluding hydrogens is 390 g/mol. The number of nitrogens with one attached hydrogen (secondary N) is 2. The van der Waals surface area contributed by atoms with Gasteiger partial charge in [-0.1, -0.05) is 54.1 Å². The van der Waals surface area contributed by atoms with Crippen molar-refractivity contribution in [2.45, 2.75) is 58.3 Å². The van der Waals surface area contributed by atoms with Gasteiger partial charge in [0.15, 0.2) is 0 Å². The number of aryl methyl sites for hydroxylation is 1. The Kier molecular flexibility index (Phi) is 8.20. The highest BCUT2D eigenvalue weighted by molar-refractivity contribution is 5.79. The number of nitrogens with zero attached hydrogens (tertiary/aromatic N) is 1. The van der Waals surface area contributed by atoms with Gasteiger partial charge in [0.25, 0.3) is 0 Å². The van der Waals surface area contributed by atoms with Gasteiger partial charge < -0.3 is 15.7 Å². The van der Waals surface area contributed by atoms with Crippen LogP contribution in [0, 0.1) is 6.92 Å². The van der Waals surface area contributed by atoms with Crippen LogP contribution in [0.3, 0.4) is 0 Å². The molecule has 1 saturated heterocycles. The molecule has 6 heteroatoms. The van der Waals surface area contributed by atoms with E-state index < -0.39 is 0 Å². The summed E-state index contributed by atoms with van der Waals surface area (Å²) in [7, 11) is 0. The maximum Gasteiger partial charge on any atom is 0.222 e. The Hall–Kier alpha value is -2.70. The molecule has 0 bridgehead atoms. The molecule has 0 spiro atoms. The van der Waals surface area contributed by atoms with Gasteiger partial charge in [0.05, 0.1) is 18.6 Å². The van der Waals surface area contributed by atoms with Crippen LogP contribution in [0.1, 0.15) is 54.5 Å². The smallest absolute Gasteiger partial charge is 0.222 e. The topological polar surface area (TPSA) is 81.7 Å². The number of aliphatic hydroxyl groups is 1. The maximum atomic E-state index is 12.5. The lowest BCUT2D eigenvalue weighted by Gasteiger charge is -2.29. The van der Waals surface area contributed by atoms with E-state index >= 15 is 0 Å². The predicted molar refractivity (Wildman–Crippen MR) is 121 cm³/mol. The zero-order valence-corrected chi connectivity index (χ0v) is 18.4. The minimum absolute atomic E-state index is 0.102. The van der Waals surface area contributed by atoms with Crippen LogP contribution in [0.15, 0.2) is 48.5 Å².